The van der Waals surface area contributed by atoms with E-state index in [-0.39, 0.29) is 18.0 Å². The number of aromatic amines is 1. The zero-order valence-corrected chi connectivity index (χ0v) is 11.7. The Balaban J connectivity index is 2.06. The normalized spacial score (nSPS) is 23.6. The second-order valence-electron chi connectivity index (χ2n) is 5.13. The second-order valence-corrected chi connectivity index (χ2v) is 5.13. The van der Waals surface area contributed by atoms with Gasteiger partial charge in [0.2, 0.25) is 0 Å². The predicted octanol–water partition coefficient (Wildman–Crippen LogP) is 1.37. The van der Waals surface area contributed by atoms with Crippen LogP contribution in [-0.2, 0) is 4.79 Å². The fourth-order valence-corrected chi connectivity index (χ4v) is 2.62. The summed E-state index contributed by atoms with van der Waals surface area (Å²) in [6.07, 6.45) is 4.71. The van der Waals surface area contributed by atoms with Crippen molar-refractivity contribution in [3.63, 3.8) is 0 Å². The number of hydrogen-bond acceptors (Lipinski definition) is 3. The molecule has 2 rings (SSSR count). The molecule has 3 unspecified atom stereocenters. The molecule has 7 nitrogen and oxygen atoms in total. The number of rotatable bonds is 4. The zero-order chi connectivity index (χ0) is 14.7. The molecular formula is C13H20N4O3. The lowest BCUT2D eigenvalue weighted by atomic mass is 10.0. The molecule has 0 spiro atoms. The molecule has 3 N–H and O–H groups in total. The molecule has 1 aromatic rings. The molecule has 0 aromatic carbocycles. The maximum absolute atomic E-state index is 12.3. The summed E-state index contributed by atoms with van der Waals surface area (Å²) in [7, 11) is 0. The molecule has 110 valence electrons. The largest absolute Gasteiger partial charge is 0.480 e. The number of hydrogen-bond donors (Lipinski definition) is 3. The SMILES string of the molecule is CCC(NC(=O)N1CCC(C)C1C(=O)O)c1ncc[nH]1. The smallest absolute Gasteiger partial charge is 0.326 e. The number of nitrogens with one attached hydrogen (secondary N) is 2. The van der Waals surface area contributed by atoms with E-state index in [4.69, 9.17) is 0 Å². The van der Waals surface area contributed by atoms with Crippen LogP contribution in [0.1, 0.15) is 38.6 Å². The first kappa shape index (κ1) is 14.4. The summed E-state index contributed by atoms with van der Waals surface area (Å²) in [5.74, 6) is -0.293. The van der Waals surface area contributed by atoms with Crippen LogP contribution in [0.5, 0.6) is 0 Å². The molecule has 0 radical (unpaired) electrons. The summed E-state index contributed by atoms with van der Waals surface area (Å²) in [6, 6.07) is -1.32. The zero-order valence-electron chi connectivity index (χ0n) is 11.7. The highest BCUT2D eigenvalue weighted by Crippen LogP contribution is 2.25. The third kappa shape index (κ3) is 2.76. The van der Waals surface area contributed by atoms with Gasteiger partial charge in [-0.1, -0.05) is 13.8 Å². The number of likely N-dealkylation sites (tertiary alicyclic amines) is 1. The van der Waals surface area contributed by atoms with Crippen molar-refractivity contribution in [1.82, 2.24) is 20.2 Å². The van der Waals surface area contributed by atoms with Gasteiger partial charge >= 0.3 is 12.0 Å². The number of carbonyl (C=O) groups is 2. The Morgan fingerprint density at radius 1 is 1.65 bits per heavy atom. The van der Waals surface area contributed by atoms with Crippen molar-refractivity contribution in [1.29, 1.82) is 0 Å². The lowest BCUT2D eigenvalue weighted by Gasteiger charge is -2.26. The number of carboxylic acids is 1. The summed E-state index contributed by atoms with van der Waals surface area (Å²) in [5.41, 5.74) is 0. The van der Waals surface area contributed by atoms with E-state index in [0.717, 1.165) is 0 Å². The van der Waals surface area contributed by atoms with Crippen molar-refractivity contribution in [3.05, 3.63) is 18.2 Å². The van der Waals surface area contributed by atoms with Crippen molar-refractivity contribution in [2.24, 2.45) is 5.92 Å². The van der Waals surface area contributed by atoms with Crippen LogP contribution in [0.4, 0.5) is 4.79 Å². The first-order chi connectivity index (χ1) is 9.54. The van der Waals surface area contributed by atoms with Gasteiger partial charge in [-0.2, -0.15) is 0 Å². The van der Waals surface area contributed by atoms with Gasteiger partial charge in [0.1, 0.15) is 11.9 Å². The number of nitrogens with zero attached hydrogens (tertiary/aromatic N) is 2. The lowest BCUT2D eigenvalue weighted by molar-refractivity contribution is -0.142. The van der Waals surface area contributed by atoms with E-state index < -0.39 is 12.0 Å². The van der Waals surface area contributed by atoms with Crippen LogP contribution in [0.25, 0.3) is 0 Å². The molecule has 0 bridgehead atoms. The van der Waals surface area contributed by atoms with E-state index in [1.165, 1.54) is 4.90 Å². The molecule has 20 heavy (non-hydrogen) atoms. The van der Waals surface area contributed by atoms with Crippen molar-refractivity contribution in [2.45, 2.75) is 38.8 Å². The van der Waals surface area contributed by atoms with Gasteiger partial charge in [-0.3, -0.25) is 0 Å². The molecule has 1 aliphatic heterocycles. The molecule has 0 saturated carbocycles. The quantitative estimate of drug-likeness (QED) is 0.775. The molecule has 0 aliphatic carbocycles. The Bertz CT molecular complexity index is 474. The Hall–Kier alpha value is -2.05. The van der Waals surface area contributed by atoms with Gasteiger partial charge in [0.25, 0.3) is 0 Å². The molecule has 1 aromatic heterocycles. The number of amides is 2. The Kier molecular flexibility index (Phi) is 4.26. The van der Waals surface area contributed by atoms with Crippen LogP contribution in [-0.4, -0.2) is 44.6 Å². The minimum Gasteiger partial charge on any atom is -0.480 e. The van der Waals surface area contributed by atoms with Crippen molar-refractivity contribution in [3.8, 4) is 0 Å². The number of carboxylic acid groups (broad SMARTS) is 1. The van der Waals surface area contributed by atoms with Crippen LogP contribution >= 0.6 is 0 Å². The highest BCUT2D eigenvalue weighted by atomic mass is 16.4. The molecule has 1 saturated heterocycles. The highest BCUT2D eigenvalue weighted by Gasteiger charge is 2.40. The van der Waals surface area contributed by atoms with E-state index in [9.17, 15) is 14.7 Å². The van der Waals surface area contributed by atoms with Gasteiger partial charge in [0, 0.05) is 18.9 Å². The standard InChI is InChI=1S/C13H20N4O3/c1-3-9(11-14-5-6-15-11)16-13(20)17-7-4-8(2)10(17)12(18)19/h5-6,8-10H,3-4,7H2,1-2H3,(H,14,15)(H,16,20)(H,18,19). The summed E-state index contributed by atoms with van der Waals surface area (Å²) in [5, 5.41) is 12.1. The Morgan fingerprint density at radius 2 is 2.40 bits per heavy atom. The predicted molar refractivity (Wildman–Crippen MR) is 72.1 cm³/mol. The van der Waals surface area contributed by atoms with Gasteiger partial charge < -0.3 is 20.3 Å². The maximum Gasteiger partial charge on any atom is 0.326 e. The fraction of sp³-hybridized carbons (Fsp3) is 0.615. The minimum absolute atomic E-state index is 0.0260. The van der Waals surface area contributed by atoms with E-state index in [2.05, 4.69) is 15.3 Å². The van der Waals surface area contributed by atoms with E-state index >= 15 is 0 Å². The summed E-state index contributed by atoms with van der Waals surface area (Å²) in [4.78, 5) is 32.0. The van der Waals surface area contributed by atoms with E-state index in [1.807, 2.05) is 13.8 Å². The number of aliphatic carboxylic acids is 1. The molecule has 7 heteroatoms. The third-order valence-electron chi connectivity index (χ3n) is 3.77. The van der Waals surface area contributed by atoms with Crippen LogP contribution in [0.15, 0.2) is 12.4 Å². The summed E-state index contributed by atoms with van der Waals surface area (Å²) >= 11 is 0. The average molecular weight is 280 g/mol. The topological polar surface area (TPSA) is 98.3 Å². The number of aromatic nitrogens is 2. The molecular weight excluding hydrogens is 260 g/mol. The number of urea groups is 1. The van der Waals surface area contributed by atoms with Crippen molar-refractivity contribution in [2.75, 3.05) is 6.54 Å². The average Bonchev–Trinajstić information content (AvgIpc) is 3.04. The van der Waals surface area contributed by atoms with Crippen LogP contribution in [0.3, 0.4) is 0 Å². The van der Waals surface area contributed by atoms with Crippen molar-refractivity contribution < 1.29 is 14.7 Å². The number of carbonyl (C=O) groups excluding carboxylic acids is 1. The number of imidazole rings is 1. The van der Waals surface area contributed by atoms with Crippen LogP contribution in [0, 0.1) is 5.92 Å². The summed E-state index contributed by atoms with van der Waals surface area (Å²) < 4.78 is 0. The summed E-state index contributed by atoms with van der Waals surface area (Å²) in [6.45, 7) is 4.27. The lowest BCUT2D eigenvalue weighted by Crippen LogP contribution is -2.48. The molecule has 1 aliphatic rings. The third-order valence-corrected chi connectivity index (χ3v) is 3.77. The fourth-order valence-electron chi connectivity index (χ4n) is 2.62. The molecule has 1 fully saturated rings. The first-order valence-electron chi connectivity index (χ1n) is 6.83. The second kappa shape index (κ2) is 5.94. The van der Waals surface area contributed by atoms with Gasteiger partial charge in [-0.25, -0.2) is 14.6 Å². The highest BCUT2D eigenvalue weighted by molar-refractivity contribution is 5.83. The maximum atomic E-state index is 12.3. The number of H-pyrrole nitrogens is 1. The van der Waals surface area contributed by atoms with Gasteiger partial charge in [0.15, 0.2) is 0 Å². The molecule has 2 heterocycles. The van der Waals surface area contributed by atoms with E-state index in [1.54, 1.807) is 12.4 Å². The Morgan fingerprint density at radius 3 is 2.95 bits per heavy atom. The van der Waals surface area contributed by atoms with Gasteiger partial charge in [0.05, 0.1) is 6.04 Å². The van der Waals surface area contributed by atoms with Gasteiger partial charge in [-0.05, 0) is 18.8 Å². The first-order valence-corrected chi connectivity index (χ1v) is 6.83. The van der Waals surface area contributed by atoms with E-state index in [0.29, 0.717) is 25.2 Å². The van der Waals surface area contributed by atoms with Crippen molar-refractivity contribution >= 4 is 12.0 Å². The molecule has 2 amide bonds. The molecule has 3 atom stereocenters. The monoisotopic (exact) mass is 280 g/mol. The minimum atomic E-state index is -0.948. The van der Waals surface area contributed by atoms with Crippen LogP contribution < -0.4 is 5.32 Å². The van der Waals surface area contributed by atoms with Gasteiger partial charge in [-0.15, -0.1) is 0 Å². The van der Waals surface area contributed by atoms with Crippen LogP contribution in [0.2, 0.25) is 0 Å². The Labute approximate surface area is 117 Å².